The van der Waals surface area contributed by atoms with E-state index >= 15 is 0 Å². The van der Waals surface area contributed by atoms with Gasteiger partial charge in [-0.05, 0) is 19.3 Å². The van der Waals surface area contributed by atoms with Crippen LogP contribution in [0.1, 0.15) is 58.9 Å². The minimum atomic E-state index is -0.206. The van der Waals surface area contributed by atoms with E-state index in [0.717, 1.165) is 35.7 Å². The third-order valence-corrected chi connectivity index (χ3v) is 7.67. The summed E-state index contributed by atoms with van der Waals surface area (Å²) in [6.45, 7) is 0. The van der Waals surface area contributed by atoms with Gasteiger partial charge in [0, 0.05) is 49.0 Å². The van der Waals surface area contributed by atoms with Crippen molar-refractivity contribution >= 4 is 44.8 Å². The van der Waals surface area contributed by atoms with Crippen LogP contribution in [0.5, 0.6) is 0 Å². The lowest BCUT2D eigenvalue weighted by atomic mass is 9.82. The number of nitrogens with zero attached hydrogens (tertiary/aromatic N) is 8. The van der Waals surface area contributed by atoms with Crippen molar-refractivity contribution in [3.05, 3.63) is 58.6 Å². The Kier molecular flexibility index (Phi) is 7.52. The van der Waals surface area contributed by atoms with Crippen molar-refractivity contribution in [2.24, 2.45) is 0 Å². The molecule has 2 amide bonds. The highest BCUT2D eigenvalue weighted by atomic mass is 32.1. The number of hydrogen-bond donors (Lipinski definition) is 2. The fraction of sp³-hybridized carbons (Fsp3) is 0.364. The molecule has 0 saturated heterocycles. The van der Waals surface area contributed by atoms with Crippen molar-refractivity contribution in [2.75, 3.05) is 10.6 Å². The second-order valence-electron chi connectivity index (χ2n) is 8.29. The van der Waals surface area contributed by atoms with Crippen LogP contribution < -0.4 is 10.6 Å². The molecule has 2 atom stereocenters. The standard InChI is InChI=1S/C22H22N10O2S2/c33-17(9-15-11-23-4-6-25-15)27-21-31-29-19(35-21)13-2-1-3-14(8-13)20-30-32-22(36-20)28-18(34)10-16-12-24-5-7-26-16/h4-7,11-14H,1-3,8-10H2,(H,27,31,33)(H,28,32,34). The summed E-state index contributed by atoms with van der Waals surface area (Å²) in [5.74, 6) is 0.0425. The van der Waals surface area contributed by atoms with Gasteiger partial charge in [0.2, 0.25) is 22.1 Å². The Morgan fingerprint density at radius 2 is 1.25 bits per heavy atom. The van der Waals surface area contributed by atoms with Gasteiger partial charge in [-0.2, -0.15) is 0 Å². The maximum atomic E-state index is 12.3. The Labute approximate surface area is 214 Å². The van der Waals surface area contributed by atoms with E-state index in [-0.39, 0.29) is 36.5 Å². The summed E-state index contributed by atoms with van der Waals surface area (Å²) < 4.78 is 0. The van der Waals surface area contributed by atoms with Crippen molar-refractivity contribution < 1.29 is 9.59 Å². The van der Waals surface area contributed by atoms with Crippen LogP contribution in [0.4, 0.5) is 10.3 Å². The van der Waals surface area contributed by atoms with Crippen LogP contribution in [0, 0.1) is 0 Å². The fourth-order valence-electron chi connectivity index (χ4n) is 4.04. The highest BCUT2D eigenvalue weighted by Gasteiger charge is 2.29. The number of nitrogens with one attached hydrogen (secondary N) is 2. The summed E-state index contributed by atoms with van der Waals surface area (Å²) in [5, 5.41) is 25.4. The molecule has 0 bridgehead atoms. The van der Waals surface area contributed by atoms with E-state index in [1.165, 1.54) is 22.7 Å². The number of aromatic nitrogens is 8. The third kappa shape index (κ3) is 6.26. The predicted octanol–water partition coefficient (Wildman–Crippen LogP) is 2.77. The number of hydrogen-bond acceptors (Lipinski definition) is 12. The number of carbonyl (C=O) groups is 2. The van der Waals surface area contributed by atoms with Gasteiger partial charge in [-0.25, -0.2) is 0 Å². The number of amides is 2. The van der Waals surface area contributed by atoms with E-state index in [0.29, 0.717) is 21.7 Å². The predicted molar refractivity (Wildman–Crippen MR) is 132 cm³/mol. The molecule has 5 rings (SSSR count). The summed E-state index contributed by atoms with van der Waals surface area (Å²) in [7, 11) is 0. The second-order valence-corrected chi connectivity index (χ2v) is 10.3. The van der Waals surface area contributed by atoms with Crippen LogP contribution >= 0.6 is 22.7 Å². The molecule has 1 saturated carbocycles. The van der Waals surface area contributed by atoms with Crippen LogP contribution in [0.3, 0.4) is 0 Å². The minimum Gasteiger partial charge on any atom is -0.300 e. The average molecular weight is 523 g/mol. The van der Waals surface area contributed by atoms with E-state index in [1.807, 2.05) is 0 Å². The van der Waals surface area contributed by atoms with Gasteiger partial charge >= 0.3 is 0 Å². The molecule has 184 valence electrons. The molecular formula is C22H22N10O2S2. The maximum absolute atomic E-state index is 12.3. The Morgan fingerprint density at radius 1 is 0.750 bits per heavy atom. The summed E-state index contributed by atoms with van der Waals surface area (Å²) in [5.41, 5.74) is 1.19. The molecule has 12 nitrogen and oxygen atoms in total. The van der Waals surface area contributed by atoms with E-state index in [2.05, 4.69) is 51.0 Å². The van der Waals surface area contributed by atoms with Gasteiger partial charge in [-0.3, -0.25) is 29.5 Å². The first-order chi connectivity index (χ1) is 17.6. The molecule has 4 aromatic heterocycles. The largest absolute Gasteiger partial charge is 0.300 e. The number of rotatable bonds is 8. The van der Waals surface area contributed by atoms with E-state index in [9.17, 15) is 9.59 Å². The topological polar surface area (TPSA) is 161 Å². The van der Waals surface area contributed by atoms with Gasteiger partial charge in [0.25, 0.3) is 0 Å². The van der Waals surface area contributed by atoms with Crippen molar-refractivity contribution in [1.29, 1.82) is 0 Å². The molecule has 1 aliphatic rings. The highest BCUT2D eigenvalue weighted by Crippen LogP contribution is 2.43. The Morgan fingerprint density at radius 3 is 1.69 bits per heavy atom. The molecule has 14 heteroatoms. The SMILES string of the molecule is O=C(Cc1cnccn1)Nc1nnc(C2CCCC(c3nnc(NC(=O)Cc4cnccn4)s3)C2)s1. The summed E-state index contributed by atoms with van der Waals surface area (Å²) in [6.07, 6.45) is 13.5. The van der Waals surface area contributed by atoms with Gasteiger partial charge in [0.15, 0.2) is 0 Å². The molecule has 0 spiro atoms. The number of anilines is 2. The van der Waals surface area contributed by atoms with Crippen LogP contribution in [0.15, 0.2) is 37.2 Å². The molecule has 4 aromatic rings. The zero-order valence-electron chi connectivity index (χ0n) is 19.1. The van der Waals surface area contributed by atoms with Crippen molar-refractivity contribution in [3.8, 4) is 0 Å². The van der Waals surface area contributed by atoms with Crippen molar-refractivity contribution in [3.63, 3.8) is 0 Å². The van der Waals surface area contributed by atoms with Gasteiger partial charge in [0.1, 0.15) is 10.0 Å². The summed E-state index contributed by atoms with van der Waals surface area (Å²) in [4.78, 5) is 40.8. The Bertz CT molecular complexity index is 1210. The molecule has 0 radical (unpaired) electrons. The smallest absolute Gasteiger partial charge is 0.232 e. The first-order valence-electron chi connectivity index (χ1n) is 11.4. The van der Waals surface area contributed by atoms with Gasteiger partial charge < -0.3 is 10.6 Å². The van der Waals surface area contributed by atoms with E-state index in [4.69, 9.17) is 0 Å². The first-order valence-corrected chi connectivity index (χ1v) is 13.0. The normalized spacial score (nSPS) is 17.4. The lowest BCUT2D eigenvalue weighted by Crippen LogP contribution is -2.15. The molecule has 36 heavy (non-hydrogen) atoms. The molecule has 0 aliphatic heterocycles. The zero-order chi connectivity index (χ0) is 24.7. The van der Waals surface area contributed by atoms with E-state index < -0.39 is 0 Å². The number of carbonyl (C=O) groups excluding carboxylic acids is 2. The lowest BCUT2D eigenvalue weighted by Gasteiger charge is -2.25. The molecule has 2 N–H and O–H groups in total. The van der Waals surface area contributed by atoms with Gasteiger partial charge in [0.05, 0.1) is 24.2 Å². The molecule has 1 fully saturated rings. The van der Waals surface area contributed by atoms with Gasteiger partial charge in [-0.1, -0.05) is 29.1 Å². The monoisotopic (exact) mass is 522 g/mol. The highest BCUT2D eigenvalue weighted by molar-refractivity contribution is 7.15. The quantitative estimate of drug-likeness (QED) is 0.352. The second kappa shape index (κ2) is 11.3. The third-order valence-electron chi connectivity index (χ3n) is 5.66. The Balaban J connectivity index is 1.15. The fourth-order valence-corrected chi connectivity index (χ4v) is 5.85. The van der Waals surface area contributed by atoms with Crippen LogP contribution in [-0.4, -0.2) is 52.1 Å². The zero-order valence-corrected chi connectivity index (χ0v) is 20.7. The maximum Gasteiger partial charge on any atom is 0.232 e. The lowest BCUT2D eigenvalue weighted by molar-refractivity contribution is -0.116. The summed E-state index contributed by atoms with van der Waals surface area (Å²) in [6, 6.07) is 0. The van der Waals surface area contributed by atoms with Crippen LogP contribution in [-0.2, 0) is 22.4 Å². The summed E-state index contributed by atoms with van der Waals surface area (Å²) >= 11 is 2.80. The molecule has 0 aromatic carbocycles. The van der Waals surface area contributed by atoms with Gasteiger partial charge in [-0.15, -0.1) is 20.4 Å². The molecule has 2 unspecified atom stereocenters. The molecular weight excluding hydrogens is 500 g/mol. The molecule has 4 heterocycles. The average Bonchev–Trinajstić information content (AvgIpc) is 3.55. The van der Waals surface area contributed by atoms with E-state index in [1.54, 1.807) is 37.2 Å². The van der Waals surface area contributed by atoms with Crippen LogP contribution in [0.2, 0.25) is 0 Å². The van der Waals surface area contributed by atoms with Crippen molar-refractivity contribution in [1.82, 2.24) is 40.3 Å². The Hall–Kier alpha value is -3.78. The van der Waals surface area contributed by atoms with Crippen molar-refractivity contribution in [2.45, 2.75) is 50.4 Å². The first kappa shape index (κ1) is 23.9. The van der Waals surface area contributed by atoms with Crippen LogP contribution in [0.25, 0.3) is 0 Å². The molecule has 1 aliphatic carbocycles. The minimum absolute atomic E-state index is 0.128.